The molecule has 1 aromatic rings. The number of halogens is 1. The van der Waals surface area contributed by atoms with Gasteiger partial charge in [-0.05, 0) is 24.0 Å². The molecule has 0 saturated heterocycles. The average Bonchev–Trinajstić information content (AvgIpc) is 2.26. The van der Waals surface area contributed by atoms with Crippen LogP contribution < -0.4 is 5.73 Å². The Labute approximate surface area is 95.4 Å². The molecule has 1 aromatic carbocycles. The van der Waals surface area contributed by atoms with E-state index in [2.05, 4.69) is 13.8 Å². The first-order valence-electron chi connectivity index (χ1n) is 5.12. The van der Waals surface area contributed by atoms with Crippen molar-refractivity contribution in [3.8, 4) is 0 Å². The van der Waals surface area contributed by atoms with Crippen LogP contribution in [0.25, 0.3) is 0 Å². The summed E-state index contributed by atoms with van der Waals surface area (Å²) < 4.78 is 0. The highest BCUT2D eigenvalue weighted by atomic mass is 35.5. The van der Waals surface area contributed by atoms with Gasteiger partial charge in [0.25, 0.3) is 0 Å². The van der Waals surface area contributed by atoms with Gasteiger partial charge >= 0.3 is 0 Å². The maximum atomic E-state index is 11.3. The first-order valence-corrected chi connectivity index (χ1v) is 5.50. The van der Waals surface area contributed by atoms with E-state index in [-0.39, 0.29) is 12.3 Å². The second kappa shape index (κ2) is 5.29. The lowest BCUT2D eigenvalue weighted by atomic mass is 9.96. The fraction of sp³-hybridized carbons (Fsp3) is 0.417. The second-order valence-corrected chi connectivity index (χ2v) is 4.08. The molecule has 0 spiro atoms. The monoisotopic (exact) mass is 225 g/mol. The summed E-state index contributed by atoms with van der Waals surface area (Å²) >= 11 is 6.11. The predicted molar refractivity (Wildman–Crippen MR) is 63.5 cm³/mol. The highest BCUT2D eigenvalue weighted by Crippen LogP contribution is 2.27. The molecule has 0 aromatic heterocycles. The van der Waals surface area contributed by atoms with E-state index in [1.165, 1.54) is 0 Å². The van der Waals surface area contributed by atoms with Crippen LogP contribution in [0.3, 0.4) is 0 Å². The molecule has 0 heterocycles. The summed E-state index contributed by atoms with van der Waals surface area (Å²) in [4.78, 5) is 11.3. The van der Waals surface area contributed by atoms with E-state index in [0.717, 1.165) is 12.0 Å². The van der Waals surface area contributed by atoms with Gasteiger partial charge in [-0.1, -0.05) is 37.6 Å². The predicted octanol–water partition coefficient (Wildman–Crippen LogP) is 2.99. The van der Waals surface area contributed by atoms with Gasteiger partial charge in [0.2, 0.25) is 0 Å². The molecule has 0 aliphatic carbocycles. The minimum Gasteiger partial charge on any atom is -0.324 e. The summed E-state index contributed by atoms with van der Waals surface area (Å²) in [7, 11) is 0. The van der Waals surface area contributed by atoms with Crippen molar-refractivity contribution in [1.29, 1.82) is 0 Å². The van der Waals surface area contributed by atoms with E-state index in [9.17, 15) is 4.79 Å². The summed E-state index contributed by atoms with van der Waals surface area (Å²) in [5, 5.41) is 0.656. The molecule has 0 amide bonds. The van der Waals surface area contributed by atoms with Crippen molar-refractivity contribution < 1.29 is 4.79 Å². The van der Waals surface area contributed by atoms with Gasteiger partial charge in [0, 0.05) is 10.6 Å². The van der Waals surface area contributed by atoms with Gasteiger partial charge in [0.15, 0.2) is 5.78 Å². The van der Waals surface area contributed by atoms with Crippen molar-refractivity contribution in [2.24, 2.45) is 5.73 Å². The number of hydrogen-bond acceptors (Lipinski definition) is 2. The third kappa shape index (κ3) is 2.80. The summed E-state index contributed by atoms with van der Waals surface area (Å²) in [5.41, 5.74) is 6.97. The fourth-order valence-electron chi connectivity index (χ4n) is 1.44. The van der Waals surface area contributed by atoms with E-state index >= 15 is 0 Å². The largest absolute Gasteiger partial charge is 0.324 e. The highest BCUT2D eigenvalue weighted by molar-refractivity contribution is 6.31. The minimum absolute atomic E-state index is 0.0268. The van der Waals surface area contributed by atoms with Gasteiger partial charge in [-0.3, -0.25) is 4.79 Å². The summed E-state index contributed by atoms with van der Waals surface area (Å²) in [6.07, 6.45) is 1.03. The lowest BCUT2D eigenvalue weighted by molar-refractivity contribution is 0.100. The van der Waals surface area contributed by atoms with E-state index < -0.39 is 0 Å². The van der Waals surface area contributed by atoms with Crippen molar-refractivity contribution in [3.05, 3.63) is 34.3 Å². The standard InChI is InChI=1S/C12H16ClNO/c1-3-8(2)10-5-4-9(6-11(10)13)12(15)7-14/h4-6,8H,3,7,14H2,1-2H3. The molecule has 1 unspecified atom stereocenters. The van der Waals surface area contributed by atoms with Gasteiger partial charge in [0.05, 0.1) is 6.54 Å². The number of rotatable bonds is 4. The molecular weight excluding hydrogens is 210 g/mol. The SMILES string of the molecule is CCC(C)c1ccc(C(=O)CN)cc1Cl. The third-order valence-corrected chi connectivity index (χ3v) is 2.98. The van der Waals surface area contributed by atoms with Gasteiger partial charge in [-0.2, -0.15) is 0 Å². The lowest BCUT2D eigenvalue weighted by Crippen LogP contribution is -2.13. The number of hydrogen-bond donors (Lipinski definition) is 1. The Hall–Kier alpha value is -0.860. The van der Waals surface area contributed by atoms with Gasteiger partial charge in [-0.25, -0.2) is 0 Å². The van der Waals surface area contributed by atoms with Gasteiger partial charge in [0.1, 0.15) is 0 Å². The zero-order valence-electron chi connectivity index (χ0n) is 9.09. The van der Waals surface area contributed by atoms with Crippen LogP contribution >= 0.6 is 11.6 Å². The molecule has 82 valence electrons. The van der Waals surface area contributed by atoms with Crippen molar-refractivity contribution >= 4 is 17.4 Å². The van der Waals surface area contributed by atoms with Crippen molar-refractivity contribution in [2.45, 2.75) is 26.2 Å². The van der Waals surface area contributed by atoms with Crippen LogP contribution in [0.1, 0.15) is 42.1 Å². The Morgan fingerprint density at radius 3 is 2.67 bits per heavy atom. The Morgan fingerprint density at radius 1 is 1.53 bits per heavy atom. The summed E-state index contributed by atoms with van der Waals surface area (Å²) in [5.74, 6) is 0.340. The highest BCUT2D eigenvalue weighted by Gasteiger charge is 2.10. The van der Waals surface area contributed by atoms with Crippen LogP contribution in [0.2, 0.25) is 5.02 Å². The van der Waals surface area contributed by atoms with Crippen molar-refractivity contribution in [1.82, 2.24) is 0 Å². The lowest BCUT2D eigenvalue weighted by Gasteiger charge is -2.11. The van der Waals surface area contributed by atoms with Crippen LogP contribution in [-0.4, -0.2) is 12.3 Å². The maximum absolute atomic E-state index is 11.3. The molecule has 3 heteroatoms. The quantitative estimate of drug-likeness (QED) is 0.801. The molecular formula is C12H16ClNO. The average molecular weight is 226 g/mol. The number of Topliss-reactive ketones (excluding diaryl/α,β-unsaturated/α-hetero) is 1. The molecule has 0 radical (unpaired) electrons. The smallest absolute Gasteiger partial charge is 0.176 e. The van der Waals surface area contributed by atoms with Crippen molar-refractivity contribution in [2.75, 3.05) is 6.54 Å². The fourth-order valence-corrected chi connectivity index (χ4v) is 1.80. The summed E-state index contributed by atoms with van der Waals surface area (Å²) in [6, 6.07) is 5.42. The zero-order chi connectivity index (χ0) is 11.4. The van der Waals surface area contributed by atoms with E-state index in [4.69, 9.17) is 17.3 Å². The maximum Gasteiger partial charge on any atom is 0.176 e. The normalized spacial score (nSPS) is 12.5. The van der Waals surface area contributed by atoms with Gasteiger partial charge in [-0.15, -0.1) is 0 Å². The van der Waals surface area contributed by atoms with Gasteiger partial charge < -0.3 is 5.73 Å². The van der Waals surface area contributed by atoms with Crippen LogP contribution in [0.5, 0.6) is 0 Å². The first kappa shape index (κ1) is 12.2. The van der Waals surface area contributed by atoms with E-state index in [1.54, 1.807) is 12.1 Å². The first-order chi connectivity index (χ1) is 7.10. The third-order valence-electron chi connectivity index (χ3n) is 2.65. The topological polar surface area (TPSA) is 43.1 Å². The van der Waals surface area contributed by atoms with Crippen LogP contribution in [-0.2, 0) is 0 Å². The molecule has 0 fully saturated rings. The number of benzene rings is 1. The molecule has 1 rings (SSSR count). The number of nitrogens with two attached hydrogens (primary N) is 1. The molecule has 0 aliphatic heterocycles. The molecule has 1 atom stereocenters. The van der Waals surface area contributed by atoms with Crippen LogP contribution in [0, 0.1) is 0 Å². The Bertz CT molecular complexity index is 363. The number of carbonyl (C=O) groups excluding carboxylic acids is 1. The molecule has 15 heavy (non-hydrogen) atoms. The molecule has 2 N–H and O–H groups in total. The zero-order valence-corrected chi connectivity index (χ0v) is 9.84. The van der Waals surface area contributed by atoms with Crippen molar-refractivity contribution in [3.63, 3.8) is 0 Å². The molecule has 0 aliphatic rings. The Morgan fingerprint density at radius 2 is 2.20 bits per heavy atom. The molecule has 2 nitrogen and oxygen atoms in total. The molecule has 0 bridgehead atoms. The second-order valence-electron chi connectivity index (χ2n) is 3.67. The van der Waals surface area contributed by atoms with Crippen LogP contribution in [0.4, 0.5) is 0 Å². The Kier molecular flexibility index (Phi) is 4.30. The molecule has 0 saturated carbocycles. The van der Waals surface area contributed by atoms with E-state index in [0.29, 0.717) is 16.5 Å². The summed E-state index contributed by atoms with van der Waals surface area (Å²) in [6.45, 7) is 4.25. The van der Waals surface area contributed by atoms with E-state index in [1.807, 2.05) is 6.07 Å². The minimum atomic E-state index is -0.0763. The van der Waals surface area contributed by atoms with Crippen LogP contribution in [0.15, 0.2) is 18.2 Å². The number of ketones is 1. The Balaban J connectivity index is 3.03. The number of carbonyl (C=O) groups is 1.